The van der Waals surface area contributed by atoms with Crippen LogP contribution in [0.15, 0.2) is 23.2 Å². The Kier molecular flexibility index (Phi) is 4.43. The van der Waals surface area contributed by atoms with Crippen LogP contribution in [-0.2, 0) is 4.84 Å². The molecule has 0 fully saturated rings. The predicted octanol–water partition coefficient (Wildman–Crippen LogP) is 2.85. The molecular formula is C10H13ClN2O. The van der Waals surface area contributed by atoms with Crippen molar-refractivity contribution in [3.05, 3.63) is 28.8 Å². The van der Waals surface area contributed by atoms with Gasteiger partial charge in [-0.1, -0.05) is 17.7 Å². The van der Waals surface area contributed by atoms with Crippen LogP contribution in [0.2, 0.25) is 5.02 Å². The van der Waals surface area contributed by atoms with E-state index in [1.54, 1.807) is 6.07 Å². The number of halogens is 1. The molecule has 0 heterocycles. The summed E-state index contributed by atoms with van der Waals surface area (Å²) in [6.45, 7) is 4.44. The Morgan fingerprint density at radius 1 is 1.57 bits per heavy atom. The maximum Gasteiger partial charge on any atom is 0.113 e. The summed E-state index contributed by atoms with van der Waals surface area (Å²) in [5, 5.41) is 0.719. The zero-order valence-electron chi connectivity index (χ0n) is 8.25. The van der Waals surface area contributed by atoms with E-state index in [4.69, 9.17) is 16.4 Å². The SMILES string of the molecule is CCONC=Nc1ccc(C)c(Cl)c1. The standard InChI is InChI=1S/C10H13ClN2O/c1-3-14-13-7-12-9-5-4-8(2)10(11)6-9/h4-7H,3H2,1-2H3,(H,12,13). The third kappa shape index (κ3) is 3.36. The quantitative estimate of drug-likeness (QED) is 0.360. The van der Waals surface area contributed by atoms with Crippen molar-refractivity contribution in [3.8, 4) is 0 Å². The van der Waals surface area contributed by atoms with E-state index < -0.39 is 0 Å². The van der Waals surface area contributed by atoms with Gasteiger partial charge in [0.15, 0.2) is 0 Å². The minimum Gasteiger partial charge on any atom is -0.276 e. The maximum atomic E-state index is 5.93. The third-order valence-electron chi connectivity index (χ3n) is 1.65. The first kappa shape index (κ1) is 11.0. The number of benzene rings is 1. The monoisotopic (exact) mass is 212 g/mol. The molecule has 0 aromatic heterocycles. The van der Waals surface area contributed by atoms with Crippen molar-refractivity contribution in [2.45, 2.75) is 13.8 Å². The van der Waals surface area contributed by atoms with Gasteiger partial charge in [0.05, 0.1) is 12.3 Å². The molecule has 0 atom stereocenters. The molecular weight excluding hydrogens is 200 g/mol. The van der Waals surface area contributed by atoms with Crippen LogP contribution in [0.4, 0.5) is 5.69 Å². The maximum absolute atomic E-state index is 5.93. The van der Waals surface area contributed by atoms with Crippen molar-refractivity contribution in [2.75, 3.05) is 6.61 Å². The van der Waals surface area contributed by atoms with Gasteiger partial charge < -0.3 is 0 Å². The molecule has 0 bridgehead atoms. The predicted molar refractivity (Wildman–Crippen MR) is 59.1 cm³/mol. The Morgan fingerprint density at radius 3 is 3.00 bits per heavy atom. The summed E-state index contributed by atoms with van der Waals surface area (Å²) in [6, 6.07) is 5.63. The van der Waals surface area contributed by atoms with Gasteiger partial charge >= 0.3 is 0 Å². The lowest BCUT2D eigenvalue weighted by molar-refractivity contribution is 0.100. The number of aryl methyl sites for hydroxylation is 1. The second-order valence-corrected chi connectivity index (χ2v) is 3.15. The molecule has 76 valence electrons. The van der Waals surface area contributed by atoms with E-state index in [0.29, 0.717) is 6.61 Å². The summed E-state index contributed by atoms with van der Waals surface area (Å²) in [4.78, 5) is 8.98. The van der Waals surface area contributed by atoms with E-state index in [0.717, 1.165) is 16.3 Å². The van der Waals surface area contributed by atoms with Crippen molar-refractivity contribution in [3.63, 3.8) is 0 Å². The van der Waals surface area contributed by atoms with Crippen molar-refractivity contribution < 1.29 is 4.84 Å². The third-order valence-corrected chi connectivity index (χ3v) is 2.06. The second kappa shape index (κ2) is 5.62. The Morgan fingerprint density at radius 2 is 2.36 bits per heavy atom. The van der Waals surface area contributed by atoms with Gasteiger partial charge in [0.1, 0.15) is 6.34 Å². The largest absolute Gasteiger partial charge is 0.276 e. The minimum atomic E-state index is 0.598. The average Bonchev–Trinajstić information content (AvgIpc) is 2.18. The second-order valence-electron chi connectivity index (χ2n) is 2.74. The lowest BCUT2D eigenvalue weighted by Gasteiger charge is -1.99. The first-order chi connectivity index (χ1) is 6.74. The number of nitrogens with zero attached hydrogens (tertiary/aromatic N) is 1. The summed E-state index contributed by atoms with van der Waals surface area (Å²) in [5.41, 5.74) is 4.43. The van der Waals surface area contributed by atoms with E-state index in [-0.39, 0.29) is 0 Å². The van der Waals surface area contributed by atoms with Crippen LogP contribution in [0.1, 0.15) is 12.5 Å². The fraction of sp³-hybridized carbons (Fsp3) is 0.300. The van der Waals surface area contributed by atoms with Gasteiger partial charge in [-0.3, -0.25) is 10.3 Å². The van der Waals surface area contributed by atoms with Gasteiger partial charge in [0.25, 0.3) is 0 Å². The summed E-state index contributed by atoms with van der Waals surface area (Å²) in [6.07, 6.45) is 1.49. The van der Waals surface area contributed by atoms with Gasteiger partial charge in [-0.25, -0.2) is 4.99 Å². The van der Waals surface area contributed by atoms with Crippen LogP contribution in [0.3, 0.4) is 0 Å². The molecule has 0 aliphatic rings. The number of hydrogen-bond acceptors (Lipinski definition) is 2. The van der Waals surface area contributed by atoms with Crippen LogP contribution < -0.4 is 5.48 Å². The molecule has 1 N–H and O–H groups in total. The highest BCUT2D eigenvalue weighted by atomic mass is 35.5. The van der Waals surface area contributed by atoms with E-state index in [1.165, 1.54) is 6.34 Å². The zero-order valence-corrected chi connectivity index (χ0v) is 9.01. The van der Waals surface area contributed by atoms with Crippen molar-refractivity contribution in [2.24, 2.45) is 4.99 Å². The smallest absolute Gasteiger partial charge is 0.113 e. The normalized spacial score (nSPS) is 10.8. The number of nitrogens with one attached hydrogen (secondary N) is 1. The molecule has 0 saturated heterocycles. The summed E-state index contributed by atoms with van der Waals surface area (Å²) in [5.74, 6) is 0. The van der Waals surface area contributed by atoms with Crippen molar-refractivity contribution in [1.29, 1.82) is 0 Å². The van der Waals surface area contributed by atoms with Crippen LogP contribution in [0.5, 0.6) is 0 Å². The number of hydrogen-bond donors (Lipinski definition) is 1. The number of hydroxylamine groups is 1. The van der Waals surface area contributed by atoms with Crippen LogP contribution in [0, 0.1) is 6.92 Å². The van der Waals surface area contributed by atoms with E-state index >= 15 is 0 Å². The molecule has 1 aromatic rings. The Balaban J connectivity index is 2.59. The molecule has 0 aliphatic heterocycles. The van der Waals surface area contributed by atoms with Crippen LogP contribution in [-0.4, -0.2) is 12.9 Å². The molecule has 0 spiro atoms. The lowest BCUT2D eigenvalue weighted by atomic mass is 10.2. The molecule has 3 nitrogen and oxygen atoms in total. The topological polar surface area (TPSA) is 33.6 Å². The van der Waals surface area contributed by atoms with Crippen molar-refractivity contribution in [1.82, 2.24) is 5.48 Å². The van der Waals surface area contributed by atoms with Gasteiger partial charge in [-0.05, 0) is 31.5 Å². The Bertz CT molecular complexity index is 326. The highest BCUT2D eigenvalue weighted by Gasteiger charge is 1.94. The van der Waals surface area contributed by atoms with Gasteiger partial charge in [0, 0.05) is 5.02 Å². The van der Waals surface area contributed by atoms with Crippen molar-refractivity contribution >= 4 is 23.6 Å². The fourth-order valence-corrected chi connectivity index (χ4v) is 1.06. The minimum absolute atomic E-state index is 0.598. The highest BCUT2D eigenvalue weighted by Crippen LogP contribution is 2.21. The summed E-state index contributed by atoms with van der Waals surface area (Å²) in [7, 11) is 0. The molecule has 0 saturated carbocycles. The molecule has 1 aromatic carbocycles. The molecule has 1 rings (SSSR count). The van der Waals surface area contributed by atoms with Gasteiger partial charge in [0.2, 0.25) is 0 Å². The van der Waals surface area contributed by atoms with Crippen LogP contribution in [0.25, 0.3) is 0 Å². The van der Waals surface area contributed by atoms with E-state index in [2.05, 4.69) is 10.5 Å². The van der Waals surface area contributed by atoms with E-state index in [9.17, 15) is 0 Å². The zero-order chi connectivity index (χ0) is 10.4. The summed E-state index contributed by atoms with van der Waals surface area (Å²) >= 11 is 5.93. The van der Waals surface area contributed by atoms with Crippen LogP contribution >= 0.6 is 11.6 Å². The fourth-order valence-electron chi connectivity index (χ4n) is 0.884. The molecule has 0 radical (unpaired) electrons. The first-order valence-electron chi connectivity index (χ1n) is 4.40. The molecule has 0 amide bonds. The van der Waals surface area contributed by atoms with E-state index in [1.807, 2.05) is 26.0 Å². The van der Waals surface area contributed by atoms with Gasteiger partial charge in [-0.2, -0.15) is 0 Å². The molecule has 0 aliphatic carbocycles. The molecule has 0 unspecified atom stereocenters. The number of rotatable bonds is 4. The number of aliphatic imine (C=N–C) groups is 1. The molecule has 4 heteroatoms. The lowest BCUT2D eigenvalue weighted by Crippen LogP contribution is -2.10. The summed E-state index contributed by atoms with van der Waals surface area (Å²) < 4.78 is 0. The highest BCUT2D eigenvalue weighted by molar-refractivity contribution is 6.31. The average molecular weight is 213 g/mol. The molecule has 14 heavy (non-hydrogen) atoms. The Labute approximate surface area is 88.7 Å². The Hall–Kier alpha value is -1.06. The first-order valence-corrected chi connectivity index (χ1v) is 4.78. The van der Waals surface area contributed by atoms with Gasteiger partial charge in [-0.15, -0.1) is 0 Å².